The van der Waals surface area contributed by atoms with Gasteiger partial charge in [-0.3, -0.25) is 14.5 Å². The van der Waals surface area contributed by atoms with Gasteiger partial charge in [-0.25, -0.2) is 0 Å². The molecule has 0 saturated carbocycles. The summed E-state index contributed by atoms with van der Waals surface area (Å²) in [7, 11) is 0. The molecule has 0 atom stereocenters. The highest BCUT2D eigenvalue weighted by Gasteiger charge is 2.19. The zero-order chi connectivity index (χ0) is 15.8. The Morgan fingerprint density at radius 1 is 1.09 bits per heavy atom. The summed E-state index contributed by atoms with van der Waals surface area (Å²) in [5, 5.41) is 0. The van der Waals surface area contributed by atoms with Crippen LogP contribution in [-0.4, -0.2) is 60.9 Å². The maximum atomic E-state index is 12.2. The van der Waals surface area contributed by atoms with Crippen molar-refractivity contribution in [2.24, 2.45) is 5.73 Å². The topological polar surface area (TPSA) is 75.9 Å². The average Bonchev–Trinajstić information content (AvgIpc) is 2.73. The molecule has 0 bridgehead atoms. The molecule has 2 rings (SSSR count). The first-order valence-corrected chi connectivity index (χ1v) is 7.61. The van der Waals surface area contributed by atoms with Gasteiger partial charge in [0.25, 0.3) is 0 Å². The zero-order valence-corrected chi connectivity index (χ0v) is 12.7. The molecule has 1 aromatic carbocycles. The lowest BCUT2D eigenvalue weighted by atomic mass is 10.3. The number of nitrogens with zero attached hydrogens (tertiary/aromatic N) is 2. The number of hydrogen-bond donors (Lipinski definition) is 1. The first-order chi connectivity index (χ1) is 10.6. The minimum atomic E-state index is -0.323. The smallest absolute Gasteiger partial charge is 0.231 e. The molecule has 0 radical (unpaired) electrons. The third kappa shape index (κ3) is 5.37. The van der Waals surface area contributed by atoms with Crippen LogP contribution in [0.3, 0.4) is 0 Å². The van der Waals surface area contributed by atoms with E-state index in [4.69, 9.17) is 10.5 Å². The predicted molar refractivity (Wildman–Crippen MR) is 83.4 cm³/mol. The standard InChI is InChI=1S/C16H23N3O3/c17-15(20)13-18-8-4-9-19(11-10-18)16(21)7-12-22-14-5-2-1-3-6-14/h1-3,5-6H,4,7-13H2,(H2,17,20). The molecule has 1 aliphatic rings. The van der Waals surface area contributed by atoms with E-state index >= 15 is 0 Å². The SMILES string of the molecule is NC(=O)CN1CCCN(C(=O)CCOc2ccccc2)CC1. The molecule has 6 heteroatoms. The van der Waals surface area contributed by atoms with E-state index in [9.17, 15) is 9.59 Å². The summed E-state index contributed by atoms with van der Waals surface area (Å²) in [6, 6.07) is 9.47. The first-order valence-electron chi connectivity index (χ1n) is 7.61. The molecule has 1 saturated heterocycles. The van der Waals surface area contributed by atoms with E-state index in [0.717, 1.165) is 25.3 Å². The highest BCUT2D eigenvalue weighted by molar-refractivity contribution is 5.77. The van der Waals surface area contributed by atoms with Crippen molar-refractivity contribution in [1.82, 2.24) is 9.80 Å². The molecule has 1 heterocycles. The number of carbonyl (C=O) groups is 2. The predicted octanol–water partition coefficient (Wildman–Crippen LogP) is 0.475. The molecule has 22 heavy (non-hydrogen) atoms. The fraction of sp³-hybridized carbons (Fsp3) is 0.500. The lowest BCUT2D eigenvalue weighted by Gasteiger charge is -2.21. The fourth-order valence-corrected chi connectivity index (χ4v) is 2.53. The quantitative estimate of drug-likeness (QED) is 0.829. The van der Waals surface area contributed by atoms with Crippen LogP contribution in [0.4, 0.5) is 0 Å². The summed E-state index contributed by atoms with van der Waals surface area (Å²) in [6.07, 6.45) is 1.23. The Hall–Kier alpha value is -2.08. The zero-order valence-electron chi connectivity index (χ0n) is 12.7. The Morgan fingerprint density at radius 3 is 2.59 bits per heavy atom. The minimum Gasteiger partial charge on any atom is -0.493 e. The Kier molecular flexibility index (Phi) is 6.21. The lowest BCUT2D eigenvalue weighted by Crippen LogP contribution is -2.38. The number of carbonyl (C=O) groups excluding carboxylic acids is 2. The van der Waals surface area contributed by atoms with Crippen molar-refractivity contribution in [3.05, 3.63) is 30.3 Å². The van der Waals surface area contributed by atoms with Crippen molar-refractivity contribution in [1.29, 1.82) is 0 Å². The van der Waals surface area contributed by atoms with E-state index < -0.39 is 0 Å². The number of amides is 2. The molecule has 2 amide bonds. The lowest BCUT2D eigenvalue weighted by molar-refractivity contribution is -0.131. The molecule has 0 unspecified atom stereocenters. The van der Waals surface area contributed by atoms with Crippen molar-refractivity contribution in [3.63, 3.8) is 0 Å². The maximum Gasteiger partial charge on any atom is 0.231 e. The van der Waals surface area contributed by atoms with Gasteiger partial charge in [0.2, 0.25) is 11.8 Å². The molecule has 1 fully saturated rings. The van der Waals surface area contributed by atoms with Crippen molar-refractivity contribution >= 4 is 11.8 Å². The van der Waals surface area contributed by atoms with Crippen LogP contribution < -0.4 is 10.5 Å². The van der Waals surface area contributed by atoms with Gasteiger partial charge in [0.15, 0.2) is 0 Å². The molecule has 0 spiro atoms. The third-order valence-corrected chi connectivity index (χ3v) is 3.65. The monoisotopic (exact) mass is 305 g/mol. The van der Waals surface area contributed by atoms with Crippen LogP contribution in [0, 0.1) is 0 Å². The molecule has 2 N–H and O–H groups in total. The van der Waals surface area contributed by atoms with Crippen LogP contribution >= 0.6 is 0 Å². The summed E-state index contributed by atoms with van der Waals surface area (Å²) in [4.78, 5) is 27.0. The number of hydrogen-bond acceptors (Lipinski definition) is 4. The number of rotatable bonds is 6. The van der Waals surface area contributed by atoms with Gasteiger partial charge >= 0.3 is 0 Å². The van der Waals surface area contributed by atoms with E-state index in [1.165, 1.54) is 0 Å². The van der Waals surface area contributed by atoms with E-state index in [1.54, 1.807) is 0 Å². The van der Waals surface area contributed by atoms with Crippen LogP contribution in [-0.2, 0) is 9.59 Å². The molecule has 1 aliphatic heterocycles. The first kappa shape index (κ1) is 16.3. The molecular formula is C16H23N3O3. The summed E-state index contributed by atoms with van der Waals surface area (Å²) < 4.78 is 5.55. The molecule has 1 aromatic rings. The summed E-state index contributed by atoms with van der Waals surface area (Å²) >= 11 is 0. The number of primary amides is 1. The molecule has 0 aliphatic carbocycles. The third-order valence-electron chi connectivity index (χ3n) is 3.65. The fourth-order valence-electron chi connectivity index (χ4n) is 2.53. The van der Waals surface area contributed by atoms with Crippen LogP contribution in [0.1, 0.15) is 12.8 Å². The number of benzene rings is 1. The van der Waals surface area contributed by atoms with Gasteiger partial charge in [-0.1, -0.05) is 18.2 Å². The van der Waals surface area contributed by atoms with Gasteiger partial charge in [0, 0.05) is 26.2 Å². The molecule has 6 nitrogen and oxygen atoms in total. The molecule has 120 valence electrons. The van der Waals surface area contributed by atoms with Crippen LogP contribution in [0.5, 0.6) is 5.75 Å². The second-order valence-electron chi connectivity index (χ2n) is 5.39. The summed E-state index contributed by atoms with van der Waals surface area (Å²) in [5.74, 6) is 0.548. The van der Waals surface area contributed by atoms with Gasteiger partial charge in [-0.15, -0.1) is 0 Å². The van der Waals surface area contributed by atoms with Gasteiger partial charge in [0.05, 0.1) is 19.6 Å². The van der Waals surface area contributed by atoms with Gasteiger partial charge in [-0.05, 0) is 18.6 Å². The van der Waals surface area contributed by atoms with Crippen LogP contribution in [0.25, 0.3) is 0 Å². The van der Waals surface area contributed by atoms with Crippen molar-refractivity contribution in [2.45, 2.75) is 12.8 Å². The van der Waals surface area contributed by atoms with Crippen LogP contribution in [0.2, 0.25) is 0 Å². The van der Waals surface area contributed by atoms with Crippen molar-refractivity contribution < 1.29 is 14.3 Å². The molecule has 0 aromatic heterocycles. The second-order valence-corrected chi connectivity index (χ2v) is 5.39. The Bertz CT molecular complexity index is 493. The van der Waals surface area contributed by atoms with Crippen molar-refractivity contribution in [3.8, 4) is 5.75 Å². The Balaban J connectivity index is 1.72. The normalized spacial score (nSPS) is 16.1. The van der Waals surface area contributed by atoms with E-state index in [1.807, 2.05) is 40.1 Å². The number of para-hydroxylation sites is 1. The maximum absolute atomic E-state index is 12.2. The average molecular weight is 305 g/mol. The van der Waals surface area contributed by atoms with Crippen LogP contribution in [0.15, 0.2) is 30.3 Å². The Labute approximate surface area is 130 Å². The highest BCUT2D eigenvalue weighted by Crippen LogP contribution is 2.09. The second kappa shape index (κ2) is 8.38. The summed E-state index contributed by atoms with van der Waals surface area (Å²) in [5.41, 5.74) is 5.21. The minimum absolute atomic E-state index is 0.0943. The highest BCUT2D eigenvalue weighted by atomic mass is 16.5. The van der Waals surface area contributed by atoms with Crippen molar-refractivity contribution in [2.75, 3.05) is 39.3 Å². The molecular weight excluding hydrogens is 282 g/mol. The van der Waals surface area contributed by atoms with E-state index in [0.29, 0.717) is 26.1 Å². The van der Waals surface area contributed by atoms with E-state index in [2.05, 4.69) is 0 Å². The van der Waals surface area contributed by atoms with Gasteiger partial charge < -0.3 is 15.4 Å². The number of ether oxygens (including phenoxy) is 1. The van der Waals surface area contributed by atoms with Gasteiger partial charge in [-0.2, -0.15) is 0 Å². The Morgan fingerprint density at radius 2 is 1.86 bits per heavy atom. The largest absolute Gasteiger partial charge is 0.493 e. The summed E-state index contributed by atoms with van der Waals surface area (Å²) in [6.45, 7) is 3.49. The van der Waals surface area contributed by atoms with Gasteiger partial charge in [0.1, 0.15) is 5.75 Å². The van der Waals surface area contributed by atoms with E-state index in [-0.39, 0.29) is 18.4 Å². The number of nitrogens with two attached hydrogens (primary N) is 1.